The van der Waals surface area contributed by atoms with Gasteiger partial charge in [0.05, 0.1) is 6.20 Å². The molecule has 0 aromatic carbocycles. The highest BCUT2D eigenvalue weighted by atomic mass is 19.4. The molecule has 166 valence electrons. The normalized spacial score (nSPS) is 19.3. The van der Waals surface area contributed by atoms with Crippen LogP contribution >= 0.6 is 0 Å². The number of aromatic nitrogens is 5. The number of hydrogen-bond acceptors (Lipinski definition) is 5. The first-order valence-corrected chi connectivity index (χ1v) is 10.3. The molecular weight excluding hydrogens is 423 g/mol. The highest BCUT2D eigenvalue weighted by Crippen LogP contribution is 2.30. The summed E-state index contributed by atoms with van der Waals surface area (Å²) in [7, 11) is 0. The van der Waals surface area contributed by atoms with Crippen LogP contribution in [0, 0.1) is 0 Å². The first-order valence-electron chi connectivity index (χ1n) is 10.3. The number of carbonyl (C=O) groups excluding carboxylic acids is 1. The maximum Gasteiger partial charge on any atom is 0.434 e. The highest BCUT2D eigenvalue weighted by molar-refractivity contribution is 5.93. The summed E-state index contributed by atoms with van der Waals surface area (Å²) in [6.45, 7) is 0. The Balaban J connectivity index is 1.22. The summed E-state index contributed by atoms with van der Waals surface area (Å²) in [5, 5.41) is 6.39. The Bertz CT molecular complexity index is 1270. The lowest BCUT2D eigenvalue weighted by atomic mass is 9.91. The minimum absolute atomic E-state index is 0.0173. The summed E-state index contributed by atoms with van der Waals surface area (Å²) in [6.07, 6.45) is 4.45. The van der Waals surface area contributed by atoms with Crippen molar-refractivity contribution in [2.75, 3.05) is 5.32 Å². The summed E-state index contributed by atoms with van der Waals surface area (Å²) in [4.78, 5) is 24.6. The van der Waals surface area contributed by atoms with E-state index in [1.165, 1.54) is 10.6 Å². The first-order chi connectivity index (χ1) is 15.4. The molecule has 4 aromatic heterocycles. The molecule has 0 spiro atoms. The zero-order chi connectivity index (χ0) is 22.3. The van der Waals surface area contributed by atoms with Crippen LogP contribution in [0.3, 0.4) is 0 Å². The van der Waals surface area contributed by atoms with E-state index in [0.29, 0.717) is 17.3 Å². The summed E-state index contributed by atoms with van der Waals surface area (Å²) >= 11 is 0. The standard InChI is InChI=1S/C21H20F3N7O/c22-21(23,24)16-12-31-17(3-1-4-18(31)29-16)27-13-5-7-14(8-6-13)28-19(32)15-11-26-20-25-9-2-10-30(15)20/h1-4,9-14,27H,5-8H2,(H,28,32). The van der Waals surface area contributed by atoms with Crippen molar-refractivity contribution >= 4 is 23.1 Å². The third kappa shape index (κ3) is 3.85. The van der Waals surface area contributed by atoms with Crippen molar-refractivity contribution in [3.8, 4) is 0 Å². The monoisotopic (exact) mass is 443 g/mol. The van der Waals surface area contributed by atoms with Gasteiger partial charge in [-0.2, -0.15) is 13.2 Å². The van der Waals surface area contributed by atoms with Crippen molar-refractivity contribution in [3.05, 3.63) is 60.4 Å². The van der Waals surface area contributed by atoms with Gasteiger partial charge in [0.15, 0.2) is 5.69 Å². The van der Waals surface area contributed by atoms with Crippen molar-refractivity contribution in [2.24, 2.45) is 0 Å². The van der Waals surface area contributed by atoms with Crippen LogP contribution in [-0.4, -0.2) is 41.7 Å². The largest absolute Gasteiger partial charge is 0.434 e. The van der Waals surface area contributed by atoms with Crippen molar-refractivity contribution in [2.45, 2.75) is 43.9 Å². The van der Waals surface area contributed by atoms with Crippen LogP contribution in [0.1, 0.15) is 41.9 Å². The van der Waals surface area contributed by atoms with Crippen LogP contribution in [-0.2, 0) is 6.18 Å². The summed E-state index contributed by atoms with van der Waals surface area (Å²) in [5.74, 6) is 0.828. The van der Waals surface area contributed by atoms with Crippen molar-refractivity contribution in [1.29, 1.82) is 0 Å². The fourth-order valence-corrected chi connectivity index (χ4v) is 4.11. The number of imidazole rings is 2. The first kappa shape index (κ1) is 20.3. The van der Waals surface area contributed by atoms with Crippen LogP contribution < -0.4 is 10.6 Å². The molecule has 1 fully saturated rings. The molecule has 0 saturated heterocycles. The minimum Gasteiger partial charge on any atom is -0.368 e. The summed E-state index contributed by atoms with van der Waals surface area (Å²) in [6, 6.07) is 6.81. The molecule has 0 bridgehead atoms. The number of hydrogen-bond donors (Lipinski definition) is 2. The van der Waals surface area contributed by atoms with Gasteiger partial charge in [0.2, 0.25) is 5.78 Å². The van der Waals surface area contributed by atoms with Crippen LogP contribution in [0.25, 0.3) is 11.4 Å². The third-order valence-corrected chi connectivity index (χ3v) is 5.72. The van der Waals surface area contributed by atoms with Gasteiger partial charge in [-0.3, -0.25) is 13.6 Å². The van der Waals surface area contributed by atoms with Gasteiger partial charge in [-0.15, -0.1) is 0 Å². The van der Waals surface area contributed by atoms with Crippen molar-refractivity contribution in [1.82, 2.24) is 29.1 Å². The fourth-order valence-electron chi connectivity index (χ4n) is 4.11. The third-order valence-electron chi connectivity index (χ3n) is 5.72. The van der Waals surface area contributed by atoms with E-state index in [1.807, 2.05) is 0 Å². The van der Waals surface area contributed by atoms with Gasteiger partial charge in [0, 0.05) is 30.7 Å². The van der Waals surface area contributed by atoms with Gasteiger partial charge in [0.25, 0.3) is 5.91 Å². The molecule has 11 heteroatoms. The molecule has 0 radical (unpaired) electrons. The van der Waals surface area contributed by atoms with Gasteiger partial charge >= 0.3 is 6.18 Å². The van der Waals surface area contributed by atoms with Crippen molar-refractivity contribution in [3.63, 3.8) is 0 Å². The van der Waals surface area contributed by atoms with E-state index in [4.69, 9.17) is 0 Å². The molecule has 32 heavy (non-hydrogen) atoms. The Morgan fingerprint density at radius 2 is 1.81 bits per heavy atom. The molecule has 1 amide bonds. The average molecular weight is 443 g/mol. The molecular formula is C21H20F3N7O. The fraction of sp³-hybridized carbons (Fsp3) is 0.333. The van der Waals surface area contributed by atoms with Gasteiger partial charge < -0.3 is 10.6 Å². The topological polar surface area (TPSA) is 88.6 Å². The van der Waals surface area contributed by atoms with Gasteiger partial charge in [0.1, 0.15) is 17.2 Å². The zero-order valence-corrected chi connectivity index (χ0v) is 16.9. The van der Waals surface area contributed by atoms with E-state index in [0.717, 1.165) is 31.9 Å². The smallest absolute Gasteiger partial charge is 0.368 e. The maximum absolute atomic E-state index is 13.0. The molecule has 0 atom stereocenters. The predicted molar refractivity (Wildman–Crippen MR) is 110 cm³/mol. The van der Waals surface area contributed by atoms with Crippen molar-refractivity contribution < 1.29 is 18.0 Å². The van der Waals surface area contributed by atoms with Crippen LogP contribution in [0.4, 0.5) is 19.0 Å². The Hall–Kier alpha value is -3.63. The molecule has 1 aliphatic carbocycles. The number of carbonyl (C=O) groups is 1. The van der Waals surface area contributed by atoms with Gasteiger partial charge in [-0.05, 0) is 43.9 Å². The number of nitrogens with one attached hydrogen (secondary N) is 2. The van der Waals surface area contributed by atoms with E-state index in [9.17, 15) is 18.0 Å². The van der Waals surface area contributed by atoms with Crippen LogP contribution in [0.2, 0.25) is 0 Å². The van der Waals surface area contributed by atoms with Gasteiger partial charge in [-0.25, -0.2) is 15.0 Å². The highest BCUT2D eigenvalue weighted by Gasteiger charge is 2.34. The minimum atomic E-state index is -4.49. The van der Waals surface area contributed by atoms with E-state index in [1.54, 1.807) is 41.1 Å². The molecule has 0 aliphatic heterocycles. The molecule has 4 heterocycles. The molecule has 5 rings (SSSR count). The molecule has 0 unspecified atom stereocenters. The molecule has 2 N–H and O–H groups in total. The lowest BCUT2D eigenvalue weighted by molar-refractivity contribution is -0.140. The Morgan fingerprint density at radius 1 is 1.03 bits per heavy atom. The van der Waals surface area contributed by atoms with E-state index < -0.39 is 11.9 Å². The Labute approximate surface area is 180 Å². The lowest BCUT2D eigenvalue weighted by Crippen LogP contribution is -2.40. The number of fused-ring (bicyclic) bond motifs is 2. The van der Waals surface area contributed by atoms with E-state index in [2.05, 4.69) is 25.6 Å². The lowest BCUT2D eigenvalue weighted by Gasteiger charge is -2.30. The second kappa shape index (κ2) is 7.81. The van der Waals surface area contributed by atoms with E-state index >= 15 is 0 Å². The molecule has 4 aromatic rings. The van der Waals surface area contributed by atoms with Gasteiger partial charge in [-0.1, -0.05) is 6.07 Å². The zero-order valence-electron chi connectivity index (χ0n) is 16.9. The number of alkyl halides is 3. The Kier molecular flexibility index (Phi) is 4.95. The molecule has 1 saturated carbocycles. The molecule has 1 aliphatic rings. The van der Waals surface area contributed by atoms with E-state index in [-0.39, 0.29) is 23.6 Å². The number of rotatable bonds is 4. The molecule has 8 nitrogen and oxygen atoms in total. The second-order valence-corrected chi connectivity index (χ2v) is 7.86. The number of anilines is 1. The van der Waals surface area contributed by atoms with Crippen LogP contribution in [0.5, 0.6) is 0 Å². The number of halogens is 3. The SMILES string of the molecule is O=C(NC1CCC(Nc2cccc3nc(C(F)(F)F)cn23)CC1)c1cnc2ncccn12. The Morgan fingerprint density at radius 3 is 2.59 bits per heavy atom. The summed E-state index contributed by atoms with van der Waals surface area (Å²) < 4.78 is 42.1. The second-order valence-electron chi connectivity index (χ2n) is 7.86. The predicted octanol–water partition coefficient (Wildman–Crippen LogP) is 3.55. The number of nitrogens with zero attached hydrogens (tertiary/aromatic N) is 5. The quantitative estimate of drug-likeness (QED) is 0.504. The van der Waals surface area contributed by atoms with Crippen LogP contribution in [0.15, 0.2) is 49.1 Å². The summed E-state index contributed by atoms with van der Waals surface area (Å²) in [5.41, 5.74) is -0.243. The number of amides is 1. The average Bonchev–Trinajstić information content (AvgIpc) is 3.40. The maximum atomic E-state index is 13.0. The number of pyridine rings is 1.